The predicted octanol–water partition coefficient (Wildman–Crippen LogP) is 2.64. The van der Waals surface area contributed by atoms with Crippen LogP contribution in [0.3, 0.4) is 0 Å². The average Bonchev–Trinajstić information content (AvgIpc) is 2.77. The van der Waals surface area contributed by atoms with Gasteiger partial charge in [0.1, 0.15) is 0 Å². The number of hydrogen-bond acceptors (Lipinski definition) is 3. The molecule has 0 aromatic rings. The lowest BCUT2D eigenvalue weighted by Gasteiger charge is -2.58. The van der Waals surface area contributed by atoms with E-state index >= 15 is 0 Å². The van der Waals surface area contributed by atoms with E-state index < -0.39 is 6.10 Å². The summed E-state index contributed by atoms with van der Waals surface area (Å²) in [6.07, 6.45) is 8.05. The van der Waals surface area contributed by atoms with E-state index in [4.69, 9.17) is 0 Å². The van der Waals surface area contributed by atoms with Gasteiger partial charge in [-0.1, -0.05) is 25.5 Å². The maximum Gasteiger partial charge on any atom is 0.0757 e. The van der Waals surface area contributed by atoms with Gasteiger partial charge in [0.15, 0.2) is 0 Å². The van der Waals surface area contributed by atoms with Gasteiger partial charge >= 0.3 is 0 Å². The summed E-state index contributed by atoms with van der Waals surface area (Å²) < 4.78 is 0. The quantitative estimate of drug-likeness (QED) is 0.603. The molecule has 124 valence electrons. The second-order valence-corrected chi connectivity index (χ2v) is 8.92. The van der Waals surface area contributed by atoms with Crippen LogP contribution in [-0.4, -0.2) is 33.6 Å². The Morgan fingerprint density at radius 2 is 1.73 bits per heavy atom. The van der Waals surface area contributed by atoms with Crippen molar-refractivity contribution in [2.24, 2.45) is 28.6 Å². The largest absolute Gasteiger partial charge is 0.393 e. The van der Waals surface area contributed by atoms with Crippen LogP contribution in [0.15, 0.2) is 11.6 Å². The lowest BCUT2D eigenvalue weighted by molar-refractivity contribution is -0.105. The maximum atomic E-state index is 10.9. The highest BCUT2D eigenvalue weighted by molar-refractivity contribution is 5.27. The first-order chi connectivity index (χ1) is 10.4. The van der Waals surface area contributed by atoms with Crippen LogP contribution in [0.2, 0.25) is 0 Å². The molecule has 0 bridgehead atoms. The van der Waals surface area contributed by atoms with Gasteiger partial charge in [-0.2, -0.15) is 0 Å². The molecule has 3 fully saturated rings. The van der Waals surface area contributed by atoms with Gasteiger partial charge in [0.2, 0.25) is 0 Å². The van der Waals surface area contributed by atoms with E-state index in [1.807, 2.05) is 0 Å². The Morgan fingerprint density at radius 1 is 0.955 bits per heavy atom. The standard InChI is InChI=1S/C19H30O3/c1-18-7-5-12(20)9-11(18)10-15(21)17-13-3-4-16(22)19(13,2)8-6-14(17)18/h10,12-17,20-22H,3-9H2,1-2H3/t12?,13?,14?,15-,16-,17?,18-,19-/m0/s1. The number of aliphatic hydroxyl groups is 3. The molecular weight excluding hydrogens is 276 g/mol. The highest BCUT2D eigenvalue weighted by Crippen LogP contribution is 2.64. The van der Waals surface area contributed by atoms with Gasteiger partial charge in [-0.05, 0) is 73.5 Å². The zero-order valence-electron chi connectivity index (χ0n) is 13.8. The number of rotatable bonds is 0. The zero-order chi connectivity index (χ0) is 15.7. The molecule has 0 spiro atoms. The molecule has 0 radical (unpaired) electrons. The van der Waals surface area contributed by atoms with Crippen LogP contribution < -0.4 is 0 Å². The van der Waals surface area contributed by atoms with Gasteiger partial charge in [-0.25, -0.2) is 0 Å². The third-order valence-corrected chi connectivity index (χ3v) is 8.05. The van der Waals surface area contributed by atoms with Gasteiger partial charge in [-0.15, -0.1) is 0 Å². The molecule has 0 amide bonds. The van der Waals surface area contributed by atoms with Crippen LogP contribution in [-0.2, 0) is 0 Å². The Bertz CT molecular complexity index is 501. The smallest absolute Gasteiger partial charge is 0.0757 e. The van der Waals surface area contributed by atoms with E-state index in [1.54, 1.807) is 0 Å². The lowest BCUT2D eigenvalue weighted by atomic mass is 9.47. The van der Waals surface area contributed by atoms with E-state index in [9.17, 15) is 15.3 Å². The molecule has 0 aromatic heterocycles. The average molecular weight is 306 g/mol. The Morgan fingerprint density at radius 3 is 2.50 bits per heavy atom. The van der Waals surface area contributed by atoms with Crippen molar-refractivity contribution in [3.8, 4) is 0 Å². The summed E-state index contributed by atoms with van der Waals surface area (Å²) in [4.78, 5) is 0. The molecular formula is C19H30O3. The molecule has 4 rings (SSSR count). The highest BCUT2D eigenvalue weighted by Gasteiger charge is 2.60. The predicted molar refractivity (Wildman–Crippen MR) is 85.1 cm³/mol. The van der Waals surface area contributed by atoms with Gasteiger partial charge in [0, 0.05) is 0 Å². The second-order valence-electron chi connectivity index (χ2n) is 8.92. The summed E-state index contributed by atoms with van der Waals surface area (Å²) >= 11 is 0. The summed E-state index contributed by atoms with van der Waals surface area (Å²) in [5.41, 5.74) is 1.44. The maximum absolute atomic E-state index is 10.9. The molecule has 8 atom stereocenters. The molecule has 3 saturated carbocycles. The van der Waals surface area contributed by atoms with E-state index in [1.165, 1.54) is 5.57 Å². The SMILES string of the molecule is C[C@]12CCC(O)CC1=C[C@H](O)C1C2CC[C@@]2(C)C1CC[C@@H]2O. The third kappa shape index (κ3) is 1.85. The molecule has 22 heavy (non-hydrogen) atoms. The minimum atomic E-state index is -0.395. The monoisotopic (exact) mass is 306 g/mol. The molecule has 0 heterocycles. The van der Waals surface area contributed by atoms with E-state index in [-0.39, 0.29) is 23.0 Å². The van der Waals surface area contributed by atoms with Crippen LogP contribution in [0.4, 0.5) is 0 Å². The van der Waals surface area contributed by atoms with Crippen molar-refractivity contribution in [3.63, 3.8) is 0 Å². The van der Waals surface area contributed by atoms with Crippen LogP contribution in [0.5, 0.6) is 0 Å². The third-order valence-electron chi connectivity index (χ3n) is 8.05. The lowest BCUT2D eigenvalue weighted by Crippen LogP contribution is -2.55. The summed E-state index contributed by atoms with van der Waals surface area (Å²) in [5.74, 6) is 1.25. The van der Waals surface area contributed by atoms with Crippen molar-refractivity contribution in [1.82, 2.24) is 0 Å². The van der Waals surface area contributed by atoms with Crippen molar-refractivity contribution >= 4 is 0 Å². The summed E-state index contributed by atoms with van der Waals surface area (Å²) in [6, 6.07) is 0. The highest BCUT2D eigenvalue weighted by atomic mass is 16.3. The molecule has 3 nitrogen and oxygen atoms in total. The molecule has 4 unspecified atom stereocenters. The van der Waals surface area contributed by atoms with Crippen molar-refractivity contribution in [2.45, 2.75) is 77.1 Å². The second kappa shape index (κ2) is 4.81. The zero-order valence-corrected chi connectivity index (χ0v) is 13.8. The molecule has 3 heteroatoms. The first-order valence-corrected chi connectivity index (χ1v) is 9.11. The van der Waals surface area contributed by atoms with Crippen LogP contribution >= 0.6 is 0 Å². The number of aliphatic hydroxyl groups excluding tert-OH is 3. The summed E-state index contributed by atoms with van der Waals surface area (Å²) in [6.45, 7) is 4.60. The fourth-order valence-corrected chi connectivity index (χ4v) is 6.60. The van der Waals surface area contributed by atoms with Gasteiger partial charge in [0.25, 0.3) is 0 Å². The number of fused-ring (bicyclic) bond motifs is 5. The minimum Gasteiger partial charge on any atom is -0.393 e. The Hall–Kier alpha value is -0.380. The molecule has 4 aliphatic carbocycles. The van der Waals surface area contributed by atoms with Crippen molar-refractivity contribution in [1.29, 1.82) is 0 Å². The Labute approximate surface area is 133 Å². The van der Waals surface area contributed by atoms with Crippen LogP contribution in [0, 0.1) is 28.6 Å². The number of hydrogen-bond donors (Lipinski definition) is 3. The van der Waals surface area contributed by atoms with Crippen LogP contribution in [0.25, 0.3) is 0 Å². The van der Waals surface area contributed by atoms with Crippen molar-refractivity contribution in [3.05, 3.63) is 11.6 Å². The fraction of sp³-hybridized carbons (Fsp3) is 0.895. The fourth-order valence-electron chi connectivity index (χ4n) is 6.60. The molecule has 3 N–H and O–H groups in total. The van der Waals surface area contributed by atoms with Gasteiger partial charge < -0.3 is 15.3 Å². The van der Waals surface area contributed by atoms with Gasteiger partial charge in [-0.3, -0.25) is 0 Å². The Kier molecular flexibility index (Phi) is 3.32. The normalized spacial score (nSPS) is 57.6. The molecule has 0 aliphatic heterocycles. The molecule has 0 aromatic carbocycles. The van der Waals surface area contributed by atoms with Crippen molar-refractivity contribution in [2.75, 3.05) is 0 Å². The van der Waals surface area contributed by atoms with Crippen LogP contribution in [0.1, 0.15) is 58.8 Å². The summed E-state index contributed by atoms with van der Waals surface area (Å²) in [5, 5.41) is 31.3. The topological polar surface area (TPSA) is 60.7 Å². The first-order valence-electron chi connectivity index (χ1n) is 9.11. The van der Waals surface area contributed by atoms with E-state index in [2.05, 4.69) is 19.9 Å². The Balaban J connectivity index is 1.73. The van der Waals surface area contributed by atoms with E-state index in [0.717, 1.165) is 44.9 Å². The minimum absolute atomic E-state index is 0.00195. The summed E-state index contributed by atoms with van der Waals surface area (Å²) in [7, 11) is 0. The van der Waals surface area contributed by atoms with E-state index in [0.29, 0.717) is 17.8 Å². The van der Waals surface area contributed by atoms with Crippen molar-refractivity contribution < 1.29 is 15.3 Å². The molecule has 0 saturated heterocycles. The first kappa shape index (κ1) is 15.2. The molecule has 4 aliphatic rings. The van der Waals surface area contributed by atoms with Gasteiger partial charge in [0.05, 0.1) is 18.3 Å².